The van der Waals surface area contributed by atoms with Crippen LogP contribution in [-0.2, 0) is 9.59 Å². The highest BCUT2D eigenvalue weighted by Gasteiger charge is 2.26. The van der Waals surface area contributed by atoms with E-state index in [4.69, 9.17) is 0 Å². The maximum absolute atomic E-state index is 12.8. The first kappa shape index (κ1) is 21.2. The van der Waals surface area contributed by atoms with Gasteiger partial charge in [-0.05, 0) is 58.0 Å². The van der Waals surface area contributed by atoms with Gasteiger partial charge in [0.1, 0.15) is 0 Å². The molecule has 2 aliphatic rings. The van der Waals surface area contributed by atoms with Crippen LogP contribution in [0.25, 0.3) is 0 Å². The third-order valence-electron chi connectivity index (χ3n) is 6.10. The molecule has 0 aromatic carbocycles. The van der Waals surface area contributed by atoms with E-state index in [0.29, 0.717) is 30.7 Å². The number of rotatable bonds is 7. The van der Waals surface area contributed by atoms with Crippen LogP contribution >= 0.6 is 0 Å². The average molecular weight is 367 g/mol. The van der Waals surface area contributed by atoms with E-state index < -0.39 is 0 Å². The van der Waals surface area contributed by atoms with Crippen molar-refractivity contribution in [3.05, 3.63) is 0 Å². The van der Waals surface area contributed by atoms with Crippen molar-refractivity contribution in [2.75, 3.05) is 58.9 Å². The Kier molecular flexibility index (Phi) is 8.85. The van der Waals surface area contributed by atoms with Crippen molar-refractivity contribution in [3.63, 3.8) is 0 Å². The molecule has 0 aliphatic carbocycles. The zero-order valence-corrected chi connectivity index (χ0v) is 17.0. The van der Waals surface area contributed by atoms with Crippen LogP contribution in [-0.4, -0.2) is 85.4 Å². The van der Waals surface area contributed by atoms with E-state index in [1.807, 2.05) is 23.6 Å². The van der Waals surface area contributed by atoms with Gasteiger partial charge in [0.05, 0.1) is 6.54 Å². The van der Waals surface area contributed by atoms with Gasteiger partial charge in [-0.1, -0.05) is 6.92 Å². The van der Waals surface area contributed by atoms with Gasteiger partial charge < -0.3 is 15.1 Å². The van der Waals surface area contributed by atoms with Crippen molar-refractivity contribution in [1.29, 1.82) is 0 Å². The second-order valence-corrected chi connectivity index (χ2v) is 7.85. The molecule has 0 saturated carbocycles. The predicted molar refractivity (Wildman–Crippen MR) is 105 cm³/mol. The summed E-state index contributed by atoms with van der Waals surface area (Å²) < 4.78 is 0. The molecule has 2 rings (SSSR count). The lowest BCUT2D eigenvalue weighted by Gasteiger charge is -2.30. The molecule has 2 heterocycles. The molecule has 2 saturated heterocycles. The number of amides is 2. The Morgan fingerprint density at radius 3 is 2.42 bits per heavy atom. The summed E-state index contributed by atoms with van der Waals surface area (Å²) in [4.78, 5) is 31.2. The Morgan fingerprint density at radius 2 is 1.77 bits per heavy atom. The van der Waals surface area contributed by atoms with E-state index in [2.05, 4.69) is 17.1 Å². The van der Waals surface area contributed by atoms with Gasteiger partial charge in [-0.3, -0.25) is 14.5 Å². The van der Waals surface area contributed by atoms with Crippen molar-refractivity contribution in [1.82, 2.24) is 20.0 Å². The molecule has 1 atom stereocenters. The van der Waals surface area contributed by atoms with Crippen LogP contribution in [0.1, 0.15) is 46.5 Å². The third-order valence-corrected chi connectivity index (χ3v) is 6.10. The quantitative estimate of drug-likeness (QED) is 0.740. The molecule has 6 heteroatoms. The highest BCUT2D eigenvalue weighted by atomic mass is 16.2. The van der Waals surface area contributed by atoms with E-state index in [9.17, 15) is 9.59 Å². The molecule has 0 aromatic heterocycles. The fourth-order valence-electron chi connectivity index (χ4n) is 4.23. The molecule has 1 unspecified atom stereocenters. The lowest BCUT2D eigenvalue weighted by molar-refractivity contribution is -0.132. The summed E-state index contributed by atoms with van der Waals surface area (Å²) in [6.45, 7) is 13.8. The molecular weight excluding hydrogens is 328 g/mol. The molecule has 26 heavy (non-hydrogen) atoms. The summed E-state index contributed by atoms with van der Waals surface area (Å²) in [5, 5.41) is 3.40. The van der Waals surface area contributed by atoms with Gasteiger partial charge in [-0.25, -0.2) is 0 Å². The van der Waals surface area contributed by atoms with Crippen molar-refractivity contribution >= 4 is 11.8 Å². The maximum Gasteiger partial charge on any atom is 0.236 e. The Balaban J connectivity index is 1.77. The first-order valence-electron chi connectivity index (χ1n) is 10.5. The zero-order valence-electron chi connectivity index (χ0n) is 17.0. The summed E-state index contributed by atoms with van der Waals surface area (Å²) in [5.41, 5.74) is 0. The van der Waals surface area contributed by atoms with Crippen molar-refractivity contribution < 1.29 is 9.59 Å². The van der Waals surface area contributed by atoms with E-state index in [1.54, 1.807) is 0 Å². The molecule has 6 nitrogen and oxygen atoms in total. The summed E-state index contributed by atoms with van der Waals surface area (Å²) in [6, 6.07) is 0. The monoisotopic (exact) mass is 366 g/mol. The van der Waals surface area contributed by atoms with Gasteiger partial charge in [-0.15, -0.1) is 0 Å². The van der Waals surface area contributed by atoms with Crippen molar-refractivity contribution in [3.8, 4) is 0 Å². The molecule has 0 radical (unpaired) electrons. The number of hydrogen-bond donors (Lipinski definition) is 1. The normalized spacial score (nSPS) is 21.3. The first-order chi connectivity index (χ1) is 12.5. The minimum Gasteiger partial charge on any atom is -0.342 e. The lowest BCUT2D eigenvalue weighted by atomic mass is 9.84. The van der Waals surface area contributed by atoms with Crippen LogP contribution in [0.3, 0.4) is 0 Å². The predicted octanol–water partition coefficient (Wildman–Crippen LogP) is 1.41. The highest BCUT2D eigenvalue weighted by Crippen LogP contribution is 2.25. The maximum atomic E-state index is 12.8. The highest BCUT2D eigenvalue weighted by molar-refractivity contribution is 5.78. The summed E-state index contributed by atoms with van der Waals surface area (Å²) >= 11 is 0. The van der Waals surface area contributed by atoms with Gasteiger partial charge in [-0.2, -0.15) is 0 Å². The number of carbonyl (C=O) groups is 2. The number of nitrogens with zero attached hydrogens (tertiary/aromatic N) is 3. The number of piperidine rings is 1. The largest absolute Gasteiger partial charge is 0.342 e. The van der Waals surface area contributed by atoms with Gasteiger partial charge in [0.15, 0.2) is 0 Å². The molecule has 0 bridgehead atoms. The molecule has 150 valence electrons. The molecule has 0 spiro atoms. The van der Waals surface area contributed by atoms with Crippen LogP contribution in [0, 0.1) is 11.8 Å². The lowest BCUT2D eigenvalue weighted by Crippen LogP contribution is -2.42. The standard InChI is InChI=1S/C20H38N4O2/c1-4-23(5-2)20(26)16-22-11-6-12-24(14-13-22)19(25)15-17(3)18-7-9-21-10-8-18/h17-18,21H,4-16H2,1-3H3. The topological polar surface area (TPSA) is 55.9 Å². The van der Waals surface area contributed by atoms with Crippen LogP contribution < -0.4 is 5.32 Å². The molecule has 2 aliphatic heterocycles. The number of hydrogen-bond acceptors (Lipinski definition) is 4. The minimum atomic E-state index is 0.203. The fraction of sp³-hybridized carbons (Fsp3) is 0.900. The number of nitrogens with one attached hydrogen (secondary N) is 1. The van der Waals surface area contributed by atoms with Crippen molar-refractivity contribution in [2.24, 2.45) is 11.8 Å². The van der Waals surface area contributed by atoms with E-state index in [1.165, 1.54) is 12.8 Å². The van der Waals surface area contributed by atoms with Gasteiger partial charge >= 0.3 is 0 Å². The Labute approximate surface area is 159 Å². The van der Waals surface area contributed by atoms with Crippen LogP contribution in [0.5, 0.6) is 0 Å². The molecule has 2 fully saturated rings. The van der Waals surface area contributed by atoms with Crippen LogP contribution in [0.15, 0.2) is 0 Å². The Bertz CT molecular complexity index is 447. The average Bonchev–Trinajstić information content (AvgIpc) is 2.89. The Hall–Kier alpha value is -1.14. The number of carbonyl (C=O) groups excluding carboxylic acids is 2. The van der Waals surface area contributed by atoms with E-state index in [0.717, 1.165) is 58.8 Å². The molecule has 2 amide bonds. The smallest absolute Gasteiger partial charge is 0.236 e. The zero-order chi connectivity index (χ0) is 18.9. The summed E-state index contributed by atoms with van der Waals surface area (Å²) in [6.07, 6.45) is 4.01. The van der Waals surface area contributed by atoms with Gasteiger partial charge in [0.2, 0.25) is 11.8 Å². The number of likely N-dealkylation sites (N-methyl/N-ethyl adjacent to an activating group) is 1. The molecule has 0 aromatic rings. The van der Waals surface area contributed by atoms with Gasteiger partial charge in [0, 0.05) is 45.7 Å². The van der Waals surface area contributed by atoms with Crippen LogP contribution in [0.4, 0.5) is 0 Å². The fourth-order valence-corrected chi connectivity index (χ4v) is 4.23. The second-order valence-electron chi connectivity index (χ2n) is 7.85. The Morgan fingerprint density at radius 1 is 1.08 bits per heavy atom. The van der Waals surface area contributed by atoms with Crippen molar-refractivity contribution in [2.45, 2.75) is 46.5 Å². The van der Waals surface area contributed by atoms with Gasteiger partial charge in [0.25, 0.3) is 0 Å². The first-order valence-corrected chi connectivity index (χ1v) is 10.5. The second kappa shape index (κ2) is 10.9. The SMILES string of the molecule is CCN(CC)C(=O)CN1CCCN(C(=O)CC(C)C2CCNCC2)CC1. The van der Waals surface area contributed by atoms with E-state index >= 15 is 0 Å². The minimum absolute atomic E-state index is 0.203. The van der Waals surface area contributed by atoms with E-state index in [-0.39, 0.29) is 5.91 Å². The molecule has 1 N–H and O–H groups in total. The van der Waals surface area contributed by atoms with Crippen LogP contribution in [0.2, 0.25) is 0 Å². The summed E-state index contributed by atoms with van der Waals surface area (Å²) in [5.74, 6) is 1.64. The summed E-state index contributed by atoms with van der Waals surface area (Å²) in [7, 11) is 0. The molecular formula is C20H38N4O2. The third kappa shape index (κ3) is 6.23.